The monoisotopic (exact) mass is 235 g/mol. The van der Waals surface area contributed by atoms with Crippen LogP contribution in [0.25, 0.3) is 0 Å². The van der Waals surface area contributed by atoms with Crippen LogP contribution in [0.3, 0.4) is 0 Å². The summed E-state index contributed by atoms with van der Waals surface area (Å²) in [5.74, 6) is -0.177. The first-order valence-electron chi connectivity index (χ1n) is 4.89. The van der Waals surface area contributed by atoms with Gasteiger partial charge in [-0.1, -0.05) is 0 Å². The third-order valence-corrected chi connectivity index (χ3v) is 2.99. The number of nitrogens with zero attached hydrogens (tertiary/aromatic N) is 1. The van der Waals surface area contributed by atoms with E-state index in [2.05, 4.69) is 4.72 Å². The minimum absolute atomic E-state index is 0.0336. The highest BCUT2D eigenvalue weighted by molar-refractivity contribution is 7.88. The number of likely N-dealkylation sites (tertiary alicyclic amines) is 1. The summed E-state index contributed by atoms with van der Waals surface area (Å²) in [4.78, 5) is 13.3. The lowest BCUT2D eigenvalue weighted by Crippen LogP contribution is -2.48. The SMILES string of the molecule is CS(=O)(=O)NCC(N)C(=O)N1CCCC1. The molecule has 1 heterocycles. The van der Waals surface area contributed by atoms with Crippen molar-refractivity contribution in [3.8, 4) is 0 Å². The quantitative estimate of drug-likeness (QED) is 0.619. The molecule has 15 heavy (non-hydrogen) atoms. The molecule has 0 aromatic carbocycles. The first-order chi connectivity index (χ1) is 6.90. The Labute approximate surface area is 89.9 Å². The maximum absolute atomic E-state index is 11.6. The second-order valence-electron chi connectivity index (χ2n) is 3.76. The van der Waals surface area contributed by atoms with Crippen molar-refractivity contribution < 1.29 is 13.2 Å². The molecule has 1 rings (SSSR count). The molecule has 0 aromatic heterocycles. The van der Waals surface area contributed by atoms with Crippen molar-refractivity contribution in [3.63, 3.8) is 0 Å². The van der Waals surface area contributed by atoms with Crippen molar-refractivity contribution in [2.75, 3.05) is 25.9 Å². The van der Waals surface area contributed by atoms with Crippen LogP contribution in [-0.2, 0) is 14.8 Å². The van der Waals surface area contributed by atoms with Gasteiger partial charge in [-0.15, -0.1) is 0 Å². The molecule has 1 unspecified atom stereocenters. The summed E-state index contributed by atoms with van der Waals surface area (Å²) in [5, 5.41) is 0. The second kappa shape index (κ2) is 4.91. The highest BCUT2D eigenvalue weighted by atomic mass is 32.2. The van der Waals surface area contributed by atoms with Gasteiger partial charge in [0.1, 0.15) is 0 Å². The van der Waals surface area contributed by atoms with E-state index in [0.717, 1.165) is 32.2 Å². The molecule has 0 spiro atoms. The van der Waals surface area contributed by atoms with Gasteiger partial charge in [0.05, 0.1) is 12.3 Å². The fourth-order valence-corrected chi connectivity index (χ4v) is 1.98. The lowest BCUT2D eigenvalue weighted by Gasteiger charge is -2.19. The van der Waals surface area contributed by atoms with Crippen molar-refractivity contribution in [2.45, 2.75) is 18.9 Å². The molecule has 1 amide bonds. The molecular weight excluding hydrogens is 218 g/mol. The number of carbonyl (C=O) groups is 1. The highest BCUT2D eigenvalue weighted by Gasteiger charge is 2.23. The number of nitrogens with two attached hydrogens (primary N) is 1. The van der Waals surface area contributed by atoms with Crippen LogP contribution in [0.4, 0.5) is 0 Å². The first kappa shape index (κ1) is 12.4. The molecule has 0 aliphatic carbocycles. The van der Waals surface area contributed by atoms with Crippen molar-refractivity contribution in [3.05, 3.63) is 0 Å². The summed E-state index contributed by atoms with van der Waals surface area (Å²) in [5.41, 5.74) is 5.59. The molecule has 7 heteroatoms. The Kier molecular flexibility index (Phi) is 4.06. The van der Waals surface area contributed by atoms with E-state index in [1.807, 2.05) is 0 Å². The summed E-state index contributed by atoms with van der Waals surface area (Å²) < 4.78 is 23.8. The molecule has 0 bridgehead atoms. The van der Waals surface area contributed by atoms with E-state index in [9.17, 15) is 13.2 Å². The fourth-order valence-electron chi connectivity index (χ4n) is 1.50. The minimum Gasteiger partial charge on any atom is -0.341 e. The molecule has 6 nitrogen and oxygen atoms in total. The zero-order chi connectivity index (χ0) is 11.5. The van der Waals surface area contributed by atoms with Crippen LogP contribution in [0.2, 0.25) is 0 Å². The molecule has 88 valence electrons. The van der Waals surface area contributed by atoms with Gasteiger partial charge < -0.3 is 10.6 Å². The van der Waals surface area contributed by atoms with Crippen LogP contribution in [0.15, 0.2) is 0 Å². The zero-order valence-corrected chi connectivity index (χ0v) is 9.59. The number of nitrogens with one attached hydrogen (secondary N) is 1. The summed E-state index contributed by atoms with van der Waals surface area (Å²) in [7, 11) is -3.28. The molecule has 1 atom stereocenters. The lowest BCUT2D eigenvalue weighted by atomic mass is 10.3. The predicted octanol–water partition coefficient (Wildman–Crippen LogP) is -1.51. The molecule has 0 saturated carbocycles. The molecule has 0 radical (unpaired) electrons. The Morgan fingerprint density at radius 1 is 1.47 bits per heavy atom. The minimum atomic E-state index is -3.28. The lowest BCUT2D eigenvalue weighted by molar-refractivity contribution is -0.131. The summed E-state index contributed by atoms with van der Waals surface area (Å²) in [6, 6.07) is -0.780. The molecule has 1 fully saturated rings. The number of hydrogen-bond donors (Lipinski definition) is 2. The van der Waals surface area contributed by atoms with Crippen LogP contribution in [0.1, 0.15) is 12.8 Å². The van der Waals surface area contributed by atoms with E-state index in [1.54, 1.807) is 4.90 Å². The Bertz CT molecular complexity index is 322. The number of hydrogen-bond acceptors (Lipinski definition) is 4. The van der Waals surface area contributed by atoms with Gasteiger partial charge in [-0.05, 0) is 12.8 Å². The van der Waals surface area contributed by atoms with Crippen LogP contribution in [-0.4, -0.2) is 51.2 Å². The van der Waals surface area contributed by atoms with Gasteiger partial charge in [-0.3, -0.25) is 4.79 Å². The summed E-state index contributed by atoms with van der Waals surface area (Å²) in [6.45, 7) is 1.42. The van der Waals surface area contributed by atoms with Crippen molar-refractivity contribution in [1.29, 1.82) is 0 Å². The average Bonchev–Trinajstić information content (AvgIpc) is 2.64. The topological polar surface area (TPSA) is 92.5 Å². The van der Waals surface area contributed by atoms with Gasteiger partial charge in [-0.25, -0.2) is 13.1 Å². The molecule has 3 N–H and O–H groups in total. The molecular formula is C8H17N3O3S. The normalized spacial score (nSPS) is 19.2. The van der Waals surface area contributed by atoms with Crippen LogP contribution >= 0.6 is 0 Å². The maximum Gasteiger partial charge on any atom is 0.240 e. The summed E-state index contributed by atoms with van der Waals surface area (Å²) in [6.07, 6.45) is 3.04. The smallest absolute Gasteiger partial charge is 0.240 e. The largest absolute Gasteiger partial charge is 0.341 e. The highest BCUT2D eigenvalue weighted by Crippen LogP contribution is 2.08. The Hall–Kier alpha value is -0.660. The van der Waals surface area contributed by atoms with E-state index >= 15 is 0 Å². The maximum atomic E-state index is 11.6. The van der Waals surface area contributed by atoms with Gasteiger partial charge in [0.25, 0.3) is 0 Å². The van der Waals surface area contributed by atoms with Gasteiger partial charge in [0.15, 0.2) is 0 Å². The number of sulfonamides is 1. The van der Waals surface area contributed by atoms with Gasteiger partial charge >= 0.3 is 0 Å². The predicted molar refractivity (Wildman–Crippen MR) is 56.6 cm³/mol. The standard InChI is InChI=1S/C8H17N3O3S/c1-15(13,14)10-6-7(9)8(12)11-4-2-3-5-11/h7,10H,2-6,9H2,1H3. The van der Waals surface area contributed by atoms with Gasteiger partial charge in [-0.2, -0.15) is 0 Å². The van der Waals surface area contributed by atoms with E-state index in [0.29, 0.717) is 0 Å². The molecule has 0 aromatic rings. The Morgan fingerprint density at radius 2 is 2.00 bits per heavy atom. The van der Waals surface area contributed by atoms with Crippen LogP contribution in [0, 0.1) is 0 Å². The van der Waals surface area contributed by atoms with E-state index in [1.165, 1.54) is 0 Å². The Morgan fingerprint density at radius 3 is 2.47 bits per heavy atom. The fraction of sp³-hybridized carbons (Fsp3) is 0.875. The summed E-state index contributed by atoms with van der Waals surface area (Å²) >= 11 is 0. The Balaban J connectivity index is 2.39. The number of carbonyl (C=O) groups excluding carboxylic acids is 1. The van der Waals surface area contributed by atoms with Crippen LogP contribution < -0.4 is 10.5 Å². The number of amides is 1. The van der Waals surface area contributed by atoms with Gasteiger partial charge in [0.2, 0.25) is 15.9 Å². The first-order valence-corrected chi connectivity index (χ1v) is 6.78. The van der Waals surface area contributed by atoms with Crippen molar-refractivity contribution >= 4 is 15.9 Å². The molecule has 1 aliphatic rings. The third-order valence-electron chi connectivity index (χ3n) is 2.30. The average molecular weight is 235 g/mol. The zero-order valence-electron chi connectivity index (χ0n) is 8.77. The second-order valence-corrected chi connectivity index (χ2v) is 5.59. The van der Waals surface area contributed by atoms with E-state index < -0.39 is 16.1 Å². The van der Waals surface area contributed by atoms with Gasteiger partial charge in [0, 0.05) is 19.6 Å². The molecule has 1 saturated heterocycles. The van der Waals surface area contributed by atoms with Crippen molar-refractivity contribution in [2.24, 2.45) is 5.73 Å². The number of rotatable bonds is 4. The molecule has 1 aliphatic heterocycles. The van der Waals surface area contributed by atoms with Crippen molar-refractivity contribution in [1.82, 2.24) is 9.62 Å². The van der Waals surface area contributed by atoms with E-state index in [4.69, 9.17) is 5.73 Å². The third kappa shape index (κ3) is 4.15. The van der Waals surface area contributed by atoms with Crippen LogP contribution in [0.5, 0.6) is 0 Å². The van der Waals surface area contributed by atoms with E-state index in [-0.39, 0.29) is 12.5 Å².